The van der Waals surface area contributed by atoms with Gasteiger partial charge in [-0.25, -0.2) is 0 Å². The van der Waals surface area contributed by atoms with E-state index in [1.165, 1.54) is 0 Å². The molecule has 0 aliphatic carbocycles. The van der Waals surface area contributed by atoms with E-state index in [1.54, 1.807) is 20.1 Å². The summed E-state index contributed by atoms with van der Waals surface area (Å²) in [6.45, 7) is 2.34. The van der Waals surface area contributed by atoms with Crippen molar-refractivity contribution in [2.75, 3.05) is 21.2 Å². The summed E-state index contributed by atoms with van der Waals surface area (Å²) in [6, 6.07) is 5.52. The number of benzene rings is 1. The van der Waals surface area contributed by atoms with E-state index in [0.29, 0.717) is 0 Å². The van der Waals surface area contributed by atoms with Crippen LogP contribution in [0.3, 0.4) is 0 Å². The Labute approximate surface area is 103 Å². The van der Waals surface area contributed by atoms with E-state index < -0.39 is 0 Å². The molecule has 1 aromatic rings. The van der Waals surface area contributed by atoms with Gasteiger partial charge in [-0.2, -0.15) is 0 Å². The summed E-state index contributed by atoms with van der Waals surface area (Å²) in [5.74, 6) is 0.909. The quantitative estimate of drug-likeness (QED) is 0.761. The first kappa shape index (κ1) is 14.9. The highest BCUT2D eigenvalue weighted by molar-refractivity contribution is 5.94. The Bertz CT molecular complexity index is 364. The molecule has 0 aliphatic heterocycles. The van der Waals surface area contributed by atoms with E-state index in [-0.39, 0.29) is 18.2 Å². The van der Waals surface area contributed by atoms with Gasteiger partial charge in [-0.3, -0.25) is 4.79 Å². The van der Waals surface area contributed by atoms with Crippen molar-refractivity contribution in [1.29, 1.82) is 0 Å². The average Bonchev–Trinajstić information content (AvgIpc) is 2.16. The van der Waals surface area contributed by atoms with Crippen LogP contribution in [0.15, 0.2) is 18.2 Å². The summed E-state index contributed by atoms with van der Waals surface area (Å²) in [5, 5.41) is 0. The third kappa shape index (κ3) is 3.83. The minimum Gasteiger partial charge on any atom is -0.496 e. The van der Waals surface area contributed by atoms with Gasteiger partial charge in [-0.05, 0) is 39.2 Å². The standard InChI is InChI=1S/C12H17NO2.ClH/c1-9(14)10-5-6-12(15-4)11(7-10)8-13(2)3;/h5-7H,8H2,1-4H3;1H. The molecule has 0 fully saturated rings. The lowest BCUT2D eigenvalue weighted by atomic mass is 10.1. The minimum absolute atomic E-state index is 0. The lowest BCUT2D eigenvalue weighted by molar-refractivity contribution is 0.101. The average molecular weight is 244 g/mol. The Morgan fingerprint density at radius 3 is 2.44 bits per heavy atom. The van der Waals surface area contributed by atoms with Crippen LogP contribution in [0.2, 0.25) is 0 Å². The summed E-state index contributed by atoms with van der Waals surface area (Å²) in [5.41, 5.74) is 1.77. The number of rotatable bonds is 4. The fourth-order valence-electron chi connectivity index (χ4n) is 1.46. The molecule has 0 bridgehead atoms. The third-order valence-corrected chi connectivity index (χ3v) is 2.17. The minimum atomic E-state index is 0. The highest BCUT2D eigenvalue weighted by Gasteiger charge is 2.07. The lowest BCUT2D eigenvalue weighted by Gasteiger charge is -2.14. The van der Waals surface area contributed by atoms with Gasteiger partial charge in [0.1, 0.15) is 5.75 Å². The van der Waals surface area contributed by atoms with E-state index in [9.17, 15) is 4.79 Å². The molecular formula is C12H18ClNO2. The molecule has 4 heteroatoms. The zero-order chi connectivity index (χ0) is 11.4. The Balaban J connectivity index is 0.00000225. The maximum absolute atomic E-state index is 11.2. The van der Waals surface area contributed by atoms with E-state index >= 15 is 0 Å². The Kier molecular flexibility index (Phi) is 6.08. The molecule has 16 heavy (non-hydrogen) atoms. The number of Topliss-reactive ketones (excluding diaryl/α,β-unsaturated/α-hetero) is 1. The maximum atomic E-state index is 11.2. The number of carbonyl (C=O) groups excluding carboxylic acids is 1. The van der Waals surface area contributed by atoms with Crippen molar-refractivity contribution in [3.8, 4) is 5.75 Å². The van der Waals surface area contributed by atoms with Crippen LogP contribution in [0.25, 0.3) is 0 Å². The van der Waals surface area contributed by atoms with Gasteiger partial charge < -0.3 is 9.64 Å². The smallest absolute Gasteiger partial charge is 0.159 e. The van der Waals surface area contributed by atoms with Crippen molar-refractivity contribution in [2.24, 2.45) is 0 Å². The molecular weight excluding hydrogens is 226 g/mol. The maximum Gasteiger partial charge on any atom is 0.159 e. The van der Waals surface area contributed by atoms with E-state index in [0.717, 1.165) is 23.4 Å². The molecule has 0 unspecified atom stereocenters. The molecule has 3 nitrogen and oxygen atoms in total. The topological polar surface area (TPSA) is 29.5 Å². The number of ketones is 1. The molecule has 0 N–H and O–H groups in total. The lowest BCUT2D eigenvalue weighted by Crippen LogP contribution is -2.12. The van der Waals surface area contributed by atoms with Crippen molar-refractivity contribution in [2.45, 2.75) is 13.5 Å². The molecule has 0 spiro atoms. The Hall–Kier alpha value is -1.06. The summed E-state index contributed by atoms with van der Waals surface area (Å²) < 4.78 is 5.24. The molecule has 0 atom stereocenters. The van der Waals surface area contributed by atoms with Crippen molar-refractivity contribution in [3.05, 3.63) is 29.3 Å². The fourth-order valence-corrected chi connectivity index (χ4v) is 1.46. The van der Waals surface area contributed by atoms with E-state index in [1.807, 2.05) is 31.1 Å². The number of ether oxygens (including phenoxy) is 1. The summed E-state index contributed by atoms with van der Waals surface area (Å²) in [6.07, 6.45) is 0. The zero-order valence-corrected chi connectivity index (χ0v) is 10.9. The largest absolute Gasteiger partial charge is 0.496 e. The van der Waals surface area contributed by atoms with Crippen LogP contribution >= 0.6 is 12.4 Å². The third-order valence-electron chi connectivity index (χ3n) is 2.17. The summed E-state index contributed by atoms with van der Waals surface area (Å²) in [4.78, 5) is 13.3. The Morgan fingerprint density at radius 2 is 2.00 bits per heavy atom. The molecule has 0 saturated heterocycles. The molecule has 0 amide bonds. The first-order valence-corrected chi connectivity index (χ1v) is 4.87. The van der Waals surface area contributed by atoms with Gasteiger partial charge in [0.15, 0.2) is 5.78 Å². The first-order chi connectivity index (χ1) is 7.04. The monoisotopic (exact) mass is 243 g/mol. The highest BCUT2D eigenvalue weighted by Crippen LogP contribution is 2.21. The number of methoxy groups -OCH3 is 1. The van der Waals surface area contributed by atoms with Crippen LogP contribution in [0.4, 0.5) is 0 Å². The van der Waals surface area contributed by atoms with Crippen molar-refractivity contribution >= 4 is 18.2 Å². The number of hydrogen-bond acceptors (Lipinski definition) is 3. The summed E-state index contributed by atoms with van der Waals surface area (Å²) in [7, 11) is 5.61. The van der Waals surface area contributed by atoms with Gasteiger partial charge in [-0.15, -0.1) is 12.4 Å². The second-order valence-corrected chi connectivity index (χ2v) is 3.82. The highest BCUT2D eigenvalue weighted by atomic mass is 35.5. The molecule has 90 valence electrons. The molecule has 0 saturated carbocycles. The predicted molar refractivity (Wildman–Crippen MR) is 67.6 cm³/mol. The van der Waals surface area contributed by atoms with Crippen LogP contribution in [-0.4, -0.2) is 31.9 Å². The van der Waals surface area contributed by atoms with Gasteiger partial charge in [0.2, 0.25) is 0 Å². The van der Waals surface area contributed by atoms with Crippen LogP contribution < -0.4 is 4.74 Å². The van der Waals surface area contributed by atoms with Crippen molar-refractivity contribution < 1.29 is 9.53 Å². The van der Waals surface area contributed by atoms with Gasteiger partial charge in [0, 0.05) is 17.7 Å². The molecule has 0 aromatic heterocycles. The number of carbonyl (C=O) groups is 1. The van der Waals surface area contributed by atoms with Crippen molar-refractivity contribution in [3.63, 3.8) is 0 Å². The second kappa shape index (κ2) is 6.51. The number of halogens is 1. The van der Waals surface area contributed by atoms with E-state index in [2.05, 4.69) is 0 Å². The van der Waals surface area contributed by atoms with E-state index in [4.69, 9.17) is 4.74 Å². The van der Waals surface area contributed by atoms with Gasteiger partial charge in [0.25, 0.3) is 0 Å². The van der Waals surface area contributed by atoms with Crippen LogP contribution in [0, 0.1) is 0 Å². The van der Waals surface area contributed by atoms with Crippen molar-refractivity contribution in [1.82, 2.24) is 4.90 Å². The second-order valence-electron chi connectivity index (χ2n) is 3.82. The van der Waals surface area contributed by atoms with Crippen LogP contribution in [-0.2, 0) is 6.54 Å². The molecule has 1 rings (SSSR count). The van der Waals surface area contributed by atoms with Gasteiger partial charge in [0.05, 0.1) is 7.11 Å². The first-order valence-electron chi connectivity index (χ1n) is 4.87. The molecule has 1 aromatic carbocycles. The SMILES string of the molecule is COc1ccc(C(C)=O)cc1CN(C)C.Cl. The predicted octanol–water partition coefficient (Wildman–Crippen LogP) is 2.38. The normalized spacial score (nSPS) is 9.81. The van der Waals surface area contributed by atoms with Gasteiger partial charge >= 0.3 is 0 Å². The molecule has 0 radical (unpaired) electrons. The summed E-state index contributed by atoms with van der Waals surface area (Å²) >= 11 is 0. The molecule has 0 heterocycles. The van der Waals surface area contributed by atoms with Crippen LogP contribution in [0.5, 0.6) is 5.75 Å². The van der Waals surface area contributed by atoms with Gasteiger partial charge in [-0.1, -0.05) is 0 Å². The fraction of sp³-hybridized carbons (Fsp3) is 0.417. The molecule has 0 aliphatic rings. The zero-order valence-electron chi connectivity index (χ0n) is 10.1. The number of hydrogen-bond donors (Lipinski definition) is 0. The Morgan fingerprint density at radius 1 is 1.38 bits per heavy atom. The number of nitrogens with zero attached hydrogens (tertiary/aromatic N) is 1. The van der Waals surface area contributed by atoms with Crippen LogP contribution in [0.1, 0.15) is 22.8 Å².